The van der Waals surface area contributed by atoms with Crippen molar-refractivity contribution in [2.45, 2.75) is 25.6 Å². The molecule has 1 atom stereocenters. The summed E-state index contributed by atoms with van der Waals surface area (Å²) >= 11 is 5.83. The van der Waals surface area contributed by atoms with Crippen LogP contribution in [0.1, 0.15) is 30.8 Å². The topological polar surface area (TPSA) is 42.2 Å². The van der Waals surface area contributed by atoms with Gasteiger partial charge in [-0.1, -0.05) is 18.5 Å². The van der Waals surface area contributed by atoms with Gasteiger partial charge in [0.25, 0.3) is 0 Å². The van der Waals surface area contributed by atoms with Crippen LogP contribution in [-0.4, -0.2) is 21.6 Å². The van der Waals surface area contributed by atoms with E-state index in [0.717, 1.165) is 12.3 Å². The van der Waals surface area contributed by atoms with Gasteiger partial charge in [-0.2, -0.15) is 13.2 Å². The van der Waals surface area contributed by atoms with E-state index in [4.69, 9.17) is 11.6 Å². The van der Waals surface area contributed by atoms with Gasteiger partial charge in [0.2, 0.25) is 0 Å². The molecule has 2 rings (SSSR count). The molecule has 0 saturated heterocycles. The Morgan fingerprint density at radius 2 is 2.11 bits per heavy atom. The Morgan fingerprint density at radius 1 is 1.42 bits per heavy atom. The normalized spacial score (nSPS) is 14.0. The minimum absolute atomic E-state index is 0.0699. The molecule has 1 unspecified atom stereocenters. The molecular formula is C11H12ClF3N4. The number of pyridine rings is 1. The van der Waals surface area contributed by atoms with Crippen molar-refractivity contribution in [2.75, 3.05) is 7.05 Å². The second kappa shape index (κ2) is 4.97. The summed E-state index contributed by atoms with van der Waals surface area (Å²) in [4.78, 5) is 0. The zero-order valence-electron chi connectivity index (χ0n) is 10.3. The molecule has 0 radical (unpaired) electrons. The number of rotatable bonds is 3. The lowest BCUT2D eigenvalue weighted by Crippen LogP contribution is -2.18. The fraction of sp³-hybridized carbons (Fsp3) is 0.455. The number of aromatic nitrogens is 3. The van der Waals surface area contributed by atoms with E-state index in [-0.39, 0.29) is 16.7 Å². The fourth-order valence-corrected chi connectivity index (χ4v) is 2.13. The predicted octanol–water partition coefficient (Wildman–Crippen LogP) is 3.07. The summed E-state index contributed by atoms with van der Waals surface area (Å²) in [5, 5.41) is 10.7. The van der Waals surface area contributed by atoms with Gasteiger partial charge in [0.1, 0.15) is 0 Å². The fourth-order valence-electron chi connectivity index (χ4n) is 1.88. The average Bonchev–Trinajstić information content (AvgIpc) is 2.74. The van der Waals surface area contributed by atoms with Crippen LogP contribution in [0.3, 0.4) is 0 Å². The molecule has 2 aromatic rings. The van der Waals surface area contributed by atoms with Crippen LogP contribution in [0.4, 0.5) is 13.2 Å². The Morgan fingerprint density at radius 3 is 2.63 bits per heavy atom. The van der Waals surface area contributed by atoms with Crippen LogP contribution >= 0.6 is 11.6 Å². The molecule has 104 valence electrons. The Labute approximate surface area is 112 Å². The summed E-state index contributed by atoms with van der Waals surface area (Å²) in [6.45, 7) is 1.90. The van der Waals surface area contributed by atoms with Crippen molar-refractivity contribution in [3.05, 3.63) is 28.7 Å². The number of nitrogens with zero attached hydrogens (tertiary/aromatic N) is 3. The highest BCUT2D eigenvalue weighted by Gasteiger charge is 2.32. The molecule has 0 fully saturated rings. The number of alkyl halides is 3. The lowest BCUT2D eigenvalue weighted by atomic mass is 10.2. The van der Waals surface area contributed by atoms with Crippen LogP contribution in [0.2, 0.25) is 5.02 Å². The molecule has 0 bridgehead atoms. The number of nitrogens with one attached hydrogen (secondary N) is 1. The summed E-state index contributed by atoms with van der Waals surface area (Å²) in [6.07, 6.45) is -2.82. The van der Waals surface area contributed by atoms with Gasteiger partial charge in [0, 0.05) is 6.20 Å². The lowest BCUT2D eigenvalue weighted by molar-refractivity contribution is -0.137. The third kappa shape index (κ3) is 2.52. The van der Waals surface area contributed by atoms with Crippen molar-refractivity contribution in [3.8, 4) is 0 Å². The zero-order valence-corrected chi connectivity index (χ0v) is 11.0. The van der Waals surface area contributed by atoms with Crippen molar-refractivity contribution in [1.29, 1.82) is 0 Å². The Hall–Kier alpha value is -1.34. The smallest absolute Gasteiger partial charge is 0.310 e. The standard InChI is InChI=1S/C11H12ClF3N4/c1-3-8(16-2)10-18-17-9-7(12)4-6(5-19(9)10)11(13,14)15/h4-5,8,16H,3H2,1-2H3. The van der Waals surface area contributed by atoms with Crippen LogP contribution in [0.15, 0.2) is 12.3 Å². The first-order chi connectivity index (χ1) is 8.88. The summed E-state index contributed by atoms with van der Waals surface area (Å²) in [5.74, 6) is 0.410. The molecule has 0 aliphatic carbocycles. The molecule has 2 aromatic heterocycles. The largest absolute Gasteiger partial charge is 0.417 e. The van der Waals surface area contributed by atoms with Gasteiger partial charge in [-0.25, -0.2) is 0 Å². The van der Waals surface area contributed by atoms with Gasteiger partial charge in [-0.05, 0) is 19.5 Å². The third-order valence-electron chi connectivity index (χ3n) is 2.88. The van der Waals surface area contributed by atoms with E-state index in [2.05, 4.69) is 15.5 Å². The highest BCUT2D eigenvalue weighted by Crippen LogP contribution is 2.32. The highest BCUT2D eigenvalue weighted by atomic mass is 35.5. The zero-order chi connectivity index (χ0) is 14.2. The van der Waals surface area contributed by atoms with Crippen molar-refractivity contribution in [1.82, 2.24) is 19.9 Å². The van der Waals surface area contributed by atoms with E-state index in [1.165, 1.54) is 4.40 Å². The van der Waals surface area contributed by atoms with Gasteiger partial charge in [-0.3, -0.25) is 4.40 Å². The van der Waals surface area contributed by atoms with E-state index >= 15 is 0 Å². The molecule has 0 aliphatic rings. The molecule has 0 aliphatic heterocycles. The maximum atomic E-state index is 12.8. The summed E-state index contributed by atoms with van der Waals surface area (Å²) < 4.78 is 39.6. The van der Waals surface area contributed by atoms with Crippen molar-refractivity contribution >= 4 is 17.2 Å². The van der Waals surface area contributed by atoms with E-state index in [1.807, 2.05) is 6.92 Å². The number of fused-ring (bicyclic) bond motifs is 1. The molecule has 0 aromatic carbocycles. The second-order valence-corrected chi connectivity index (χ2v) is 4.48. The van der Waals surface area contributed by atoms with E-state index in [9.17, 15) is 13.2 Å². The molecule has 2 heterocycles. The van der Waals surface area contributed by atoms with Crippen LogP contribution in [-0.2, 0) is 6.18 Å². The minimum Gasteiger partial charge on any atom is -0.310 e. The van der Waals surface area contributed by atoms with Gasteiger partial charge in [0.05, 0.1) is 16.6 Å². The predicted molar refractivity (Wildman–Crippen MR) is 65.1 cm³/mol. The van der Waals surface area contributed by atoms with E-state index < -0.39 is 11.7 Å². The average molecular weight is 293 g/mol. The van der Waals surface area contributed by atoms with Crippen LogP contribution < -0.4 is 5.32 Å². The van der Waals surface area contributed by atoms with Crippen LogP contribution in [0.5, 0.6) is 0 Å². The molecule has 0 spiro atoms. The second-order valence-electron chi connectivity index (χ2n) is 4.08. The number of hydrogen-bond donors (Lipinski definition) is 1. The monoisotopic (exact) mass is 292 g/mol. The minimum atomic E-state index is -4.46. The summed E-state index contributed by atoms with van der Waals surface area (Å²) in [7, 11) is 1.71. The van der Waals surface area contributed by atoms with Crippen LogP contribution in [0, 0.1) is 0 Å². The molecule has 19 heavy (non-hydrogen) atoms. The molecule has 4 nitrogen and oxygen atoms in total. The Balaban J connectivity index is 2.66. The first-order valence-electron chi connectivity index (χ1n) is 5.67. The van der Waals surface area contributed by atoms with Gasteiger partial charge in [0.15, 0.2) is 11.5 Å². The maximum absolute atomic E-state index is 12.8. The van der Waals surface area contributed by atoms with Crippen molar-refractivity contribution in [3.63, 3.8) is 0 Å². The molecule has 8 heteroatoms. The van der Waals surface area contributed by atoms with Gasteiger partial charge >= 0.3 is 6.18 Å². The Kier molecular flexibility index (Phi) is 3.69. The quantitative estimate of drug-likeness (QED) is 0.945. The van der Waals surface area contributed by atoms with Gasteiger partial charge < -0.3 is 5.32 Å². The Bertz CT molecular complexity index is 589. The van der Waals surface area contributed by atoms with Gasteiger partial charge in [-0.15, -0.1) is 10.2 Å². The van der Waals surface area contributed by atoms with E-state index in [0.29, 0.717) is 12.2 Å². The SMILES string of the molecule is CCC(NC)c1nnc2c(Cl)cc(C(F)(F)F)cn12. The maximum Gasteiger partial charge on any atom is 0.417 e. The molecule has 1 N–H and O–H groups in total. The number of halogens is 4. The van der Waals surface area contributed by atoms with E-state index in [1.54, 1.807) is 7.05 Å². The first-order valence-corrected chi connectivity index (χ1v) is 6.05. The summed E-state index contributed by atoms with van der Waals surface area (Å²) in [5.41, 5.74) is -0.602. The van der Waals surface area contributed by atoms with Crippen molar-refractivity contribution in [2.24, 2.45) is 0 Å². The van der Waals surface area contributed by atoms with Crippen LogP contribution in [0.25, 0.3) is 5.65 Å². The number of hydrogen-bond acceptors (Lipinski definition) is 3. The molecular weight excluding hydrogens is 281 g/mol. The molecule has 0 amide bonds. The first kappa shape index (κ1) is 14.1. The lowest BCUT2D eigenvalue weighted by Gasteiger charge is -2.13. The third-order valence-corrected chi connectivity index (χ3v) is 3.16. The molecule has 0 saturated carbocycles. The summed E-state index contributed by atoms with van der Waals surface area (Å²) in [6, 6.07) is 0.671. The highest BCUT2D eigenvalue weighted by molar-refractivity contribution is 6.33. The van der Waals surface area contributed by atoms with Crippen molar-refractivity contribution < 1.29 is 13.2 Å².